The molecule has 1 rings (SSSR count). The molecule has 1 aromatic rings. The molecule has 0 amide bonds. The zero-order chi connectivity index (χ0) is 5.28. The van der Waals surface area contributed by atoms with Crippen molar-refractivity contribution >= 4 is 13.2 Å². The van der Waals surface area contributed by atoms with Crippen LogP contribution in [0.1, 0.15) is 0 Å². The molecule has 0 unspecified atom stereocenters. The van der Waals surface area contributed by atoms with Crippen LogP contribution in [-0.2, 0) is 0 Å². The smallest absolute Gasteiger partial charge is 0.231 e. The quantitative estimate of drug-likeness (QED) is 0.328. The lowest BCUT2D eigenvalue weighted by Crippen LogP contribution is -2.13. The minimum Gasteiger partial charge on any atom is -0.320 e. The minimum absolute atomic E-state index is 0.861. The molecule has 0 aliphatic carbocycles. The standard InChI is InChI=1S/C6H6O/c1-5-3-7-4-6(5)2/h3-4H,1-2H2. The van der Waals surface area contributed by atoms with Crippen LogP contribution in [-0.4, -0.2) is 0 Å². The van der Waals surface area contributed by atoms with Gasteiger partial charge in [-0.3, -0.25) is 0 Å². The Morgan fingerprint density at radius 2 is 2.29 bits per heavy atom. The molecular formula is C6H6O. The average molecular weight is 94.1 g/mol. The highest BCUT2D eigenvalue weighted by atomic mass is 16.3. The summed E-state index contributed by atoms with van der Waals surface area (Å²) in [7, 11) is 0. The molecule has 7 heavy (non-hydrogen) atoms. The molecule has 0 N–H and O–H groups in total. The van der Waals surface area contributed by atoms with E-state index >= 15 is 0 Å². The summed E-state index contributed by atoms with van der Waals surface area (Å²) in [5.41, 5.74) is 0. The number of rotatable bonds is 0. The van der Waals surface area contributed by atoms with E-state index in [1.807, 2.05) is 0 Å². The predicted molar refractivity (Wildman–Crippen MR) is 29.0 cm³/mol. The highest BCUT2D eigenvalue weighted by Gasteiger charge is 1.77. The Labute approximate surface area is 41.6 Å². The second-order valence-corrected chi connectivity index (χ2v) is 1.42. The topological polar surface area (TPSA) is 11.3 Å². The molecule has 0 spiro atoms. The average Bonchev–Trinajstić information content (AvgIpc) is 1.91. The molecule has 0 radical (unpaired) electrons. The first kappa shape index (κ1) is 4.19. The van der Waals surface area contributed by atoms with Gasteiger partial charge in [-0.2, -0.15) is 6.58 Å². The molecule has 0 bridgehead atoms. The summed E-state index contributed by atoms with van der Waals surface area (Å²) in [5.74, 6) is 0. The molecule has 0 aliphatic rings. The van der Waals surface area contributed by atoms with E-state index in [9.17, 15) is 0 Å². The van der Waals surface area contributed by atoms with Gasteiger partial charge < -0.3 is 4.42 Å². The molecule has 0 saturated heterocycles. The van der Waals surface area contributed by atoms with Crippen LogP contribution in [0.5, 0.6) is 0 Å². The van der Waals surface area contributed by atoms with E-state index in [0.717, 1.165) is 10.4 Å². The van der Waals surface area contributed by atoms with Crippen molar-refractivity contribution in [3.8, 4) is 0 Å². The minimum atomic E-state index is 0.861. The van der Waals surface area contributed by atoms with Gasteiger partial charge in [0.15, 0.2) is 0 Å². The fourth-order valence-corrected chi connectivity index (χ4v) is 0.350. The summed E-state index contributed by atoms with van der Waals surface area (Å²) in [6.45, 7) is 7.25. The van der Waals surface area contributed by atoms with E-state index in [4.69, 9.17) is 4.42 Å². The van der Waals surface area contributed by atoms with E-state index in [0.29, 0.717) is 0 Å². The van der Waals surface area contributed by atoms with Crippen LogP contribution in [0.2, 0.25) is 0 Å². The lowest BCUT2D eigenvalue weighted by molar-refractivity contribution is 0.564. The van der Waals surface area contributed by atoms with Crippen LogP contribution in [0.3, 0.4) is 0 Å². The molecule has 1 aromatic heterocycles. The van der Waals surface area contributed by atoms with Gasteiger partial charge in [0.05, 0.1) is 0 Å². The molecule has 1 nitrogen and oxygen atoms in total. The Hall–Kier alpha value is -0.980. The fourth-order valence-electron chi connectivity index (χ4n) is 0.350. The Balaban J connectivity index is 3.71. The lowest BCUT2D eigenvalue weighted by atomic mass is 10.4. The lowest BCUT2D eigenvalue weighted by Gasteiger charge is -1.58. The summed E-state index contributed by atoms with van der Waals surface area (Å²) >= 11 is 0. The normalized spacial score (nSPS) is 9.14. The van der Waals surface area contributed by atoms with Gasteiger partial charge in [-0.15, -0.1) is 6.58 Å². The number of hydrogen-bond donors (Lipinski definition) is 0. The SMILES string of the molecule is C=c1c[o+][cH-]c1=C. The van der Waals surface area contributed by atoms with Crippen molar-refractivity contribution in [1.82, 2.24) is 0 Å². The van der Waals surface area contributed by atoms with E-state index in [-0.39, 0.29) is 0 Å². The van der Waals surface area contributed by atoms with E-state index in [2.05, 4.69) is 13.2 Å². The largest absolute Gasteiger partial charge is 0.320 e. The Morgan fingerprint density at radius 1 is 1.57 bits per heavy atom. The van der Waals surface area contributed by atoms with Crippen molar-refractivity contribution in [3.05, 3.63) is 23.0 Å². The van der Waals surface area contributed by atoms with Crippen LogP contribution >= 0.6 is 0 Å². The van der Waals surface area contributed by atoms with Gasteiger partial charge in [0, 0.05) is 0 Å². The molecule has 1 heteroatoms. The molecule has 0 atom stereocenters. The number of furan rings is 1. The summed E-state index contributed by atoms with van der Waals surface area (Å²) in [6.07, 6.45) is 3.14. The third kappa shape index (κ3) is 0.563. The maximum absolute atomic E-state index is 4.72. The first-order valence-electron chi connectivity index (χ1n) is 2.01. The van der Waals surface area contributed by atoms with Gasteiger partial charge in [-0.05, 0) is 5.22 Å². The molecule has 1 heterocycles. The molecular weight excluding hydrogens is 88.1 g/mol. The summed E-state index contributed by atoms with van der Waals surface area (Å²) < 4.78 is 4.72. The third-order valence-electron chi connectivity index (χ3n) is 0.833. The van der Waals surface area contributed by atoms with Gasteiger partial charge in [0.1, 0.15) is 0 Å². The summed E-state index contributed by atoms with van der Waals surface area (Å²) in [4.78, 5) is 0. The maximum atomic E-state index is 4.72. The van der Waals surface area contributed by atoms with E-state index < -0.39 is 0 Å². The second kappa shape index (κ2) is 1.26. The van der Waals surface area contributed by atoms with Gasteiger partial charge in [0.2, 0.25) is 12.5 Å². The van der Waals surface area contributed by atoms with Crippen LogP contribution in [0.15, 0.2) is 16.9 Å². The Bertz CT molecular complexity index is 208. The molecule has 0 aromatic carbocycles. The summed E-state index contributed by atoms with van der Waals surface area (Å²) in [5, 5.41) is 1.72. The third-order valence-corrected chi connectivity index (χ3v) is 0.833. The zero-order valence-electron chi connectivity index (χ0n) is 3.98. The summed E-state index contributed by atoms with van der Waals surface area (Å²) in [6, 6.07) is 0. The molecule has 0 saturated carbocycles. The first-order valence-corrected chi connectivity index (χ1v) is 2.01. The van der Waals surface area contributed by atoms with Crippen molar-refractivity contribution in [2.45, 2.75) is 0 Å². The molecule has 0 fully saturated rings. The van der Waals surface area contributed by atoms with Crippen molar-refractivity contribution < 1.29 is 4.42 Å². The van der Waals surface area contributed by atoms with Gasteiger partial charge in [-0.1, -0.05) is 5.22 Å². The van der Waals surface area contributed by atoms with Crippen molar-refractivity contribution in [2.75, 3.05) is 0 Å². The van der Waals surface area contributed by atoms with Crippen LogP contribution in [0.4, 0.5) is 0 Å². The first-order chi connectivity index (χ1) is 3.30. The van der Waals surface area contributed by atoms with Gasteiger partial charge >= 0.3 is 0 Å². The molecule has 36 valence electrons. The Kier molecular flexibility index (Phi) is 0.754. The fraction of sp³-hybridized carbons (Fsp3) is 0. The highest BCUT2D eigenvalue weighted by molar-refractivity contribution is 5.08. The van der Waals surface area contributed by atoms with E-state index in [1.165, 1.54) is 0 Å². The predicted octanol–water partition coefficient (Wildman–Crippen LogP) is 0.100. The van der Waals surface area contributed by atoms with Gasteiger partial charge in [0.25, 0.3) is 0 Å². The maximum Gasteiger partial charge on any atom is 0.231 e. The zero-order valence-corrected chi connectivity index (χ0v) is 3.98. The van der Waals surface area contributed by atoms with Gasteiger partial charge in [-0.25, -0.2) is 0 Å². The van der Waals surface area contributed by atoms with Crippen LogP contribution < -0.4 is 10.4 Å². The van der Waals surface area contributed by atoms with Crippen LogP contribution in [0, 0.1) is 0 Å². The Morgan fingerprint density at radius 3 is 2.43 bits per heavy atom. The highest BCUT2D eigenvalue weighted by Crippen LogP contribution is 1.61. The number of hydrogen-bond acceptors (Lipinski definition) is 0. The second-order valence-electron chi connectivity index (χ2n) is 1.42. The monoisotopic (exact) mass is 94.0 g/mol. The van der Waals surface area contributed by atoms with Crippen molar-refractivity contribution in [3.63, 3.8) is 0 Å². The van der Waals surface area contributed by atoms with Crippen molar-refractivity contribution in [2.24, 2.45) is 0 Å². The van der Waals surface area contributed by atoms with E-state index in [1.54, 1.807) is 12.5 Å². The molecule has 0 aliphatic heterocycles. The van der Waals surface area contributed by atoms with Crippen LogP contribution in [0.25, 0.3) is 13.2 Å². The van der Waals surface area contributed by atoms with Crippen molar-refractivity contribution in [1.29, 1.82) is 0 Å².